The number of benzene rings is 3. The molecular weight excluding hydrogens is 417 g/mol. The lowest BCUT2D eigenvalue weighted by Crippen LogP contribution is -2.24. The van der Waals surface area contributed by atoms with Gasteiger partial charge in [-0.1, -0.05) is 59.6 Å². The van der Waals surface area contributed by atoms with Gasteiger partial charge in [-0.15, -0.1) is 0 Å². The second-order valence-corrected chi connectivity index (χ2v) is 7.78. The molecule has 0 radical (unpaired) electrons. The third kappa shape index (κ3) is 5.61. The van der Waals surface area contributed by atoms with Gasteiger partial charge in [-0.05, 0) is 67.0 Å². The minimum atomic E-state index is -0.338. The van der Waals surface area contributed by atoms with Crippen LogP contribution < -0.4 is 10.6 Å². The van der Waals surface area contributed by atoms with Crippen LogP contribution in [0.3, 0.4) is 0 Å². The predicted molar refractivity (Wildman–Crippen MR) is 123 cm³/mol. The van der Waals surface area contributed by atoms with Gasteiger partial charge in [-0.25, -0.2) is 0 Å². The molecule has 0 aliphatic heterocycles. The van der Waals surface area contributed by atoms with Crippen LogP contribution in [0, 0.1) is 11.3 Å². The van der Waals surface area contributed by atoms with E-state index in [2.05, 4.69) is 16.7 Å². The standard InChI is InChI=1S/C24H21Cl2N3O/c1-28-10-9-23(24(30)29-22-13-20(25)12-21(26)14-22)18-7-5-17(6-8-18)19-4-2-3-16(11-19)15-27/h2-8,11-14,23,28H,9-10H2,1H3,(H,29,30). The van der Waals surface area contributed by atoms with Gasteiger partial charge in [0.15, 0.2) is 0 Å². The van der Waals surface area contributed by atoms with Crippen LogP contribution in [0.4, 0.5) is 5.69 Å². The van der Waals surface area contributed by atoms with Crippen LogP contribution in [-0.4, -0.2) is 19.5 Å². The van der Waals surface area contributed by atoms with Crippen molar-refractivity contribution in [1.82, 2.24) is 5.32 Å². The maximum absolute atomic E-state index is 13.0. The van der Waals surface area contributed by atoms with E-state index < -0.39 is 0 Å². The molecular formula is C24H21Cl2N3O. The van der Waals surface area contributed by atoms with Crippen molar-refractivity contribution in [3.63, 3.8) is 0 Å². The molecule has 3 rings (SSSR count). The number of hydrogen-bond donors (Lipinski definition) is 2. The lowest BCUT2D eigenvalue weighted by molar-refractivity contribution is -0.117. The quantitative estimate of drug-likeness (QED) is 0.485. The van der Waals surface area contributed by atoms with Crippen molar-refractivity contribution in [1.29, 1.82) is 5.26 Å². The van der Waals surface area contributed by atoms with Crippen molar-refractivity contribution < 1.29 is 4.79 Å². The molecule has 4 nitrogen and oxygen atoms in total. The van der Waals surface area contributed by atoms with Gasteiger partial charge in [0.2, 0.25) is 5.91 Å². The van der Waals surface area contributed by atoms with Crippen LogP contribution in [0.25, 0.3) is 11.1 Å². The van der Waals surface area contributed by atoms with E-state index in [1.165, 1.54) is 0 Å². The molecule has 2 N–H and O–H groups in total. The largest absolute Gasteiger partial charge is 0.325 e. The van der Waals surface area contributed by atoms with E-state index in [-0.39, 0.29) is 11.8 Å². The molecule has 6 heteroatoms. The zero-order valence-electron chi connectivity index (χ0n) is 16.5. The van der Waals surface area contributed by atoms with Crippen molar-refractivity contribution in [2.45, 2.75) is 12.3 Å². The molecule has 3 aromatic carbocycles. The molecule has 152 valence electrons. The van der Waals surface area contributed by atoms with Gasteiger partial charge in [0.25, 0.3) is 0 Å². The lowest BCUT2D eigenvalue weighted by Gasteiger charge is -2.18. The maximum Gasteiger partial charge on any atom is 0.231 e. The van der Waals surface area contributed by atoms with E-state index >= 15 is 0 Å². The summed E-state index contributed by atoms with van der Waals surface area (Å²) in [6.45, 7) is 0.695. The number of rotatable bonds is 7. The number of carbonyl (C=O) groups excluding carboxylic acids is 1. The molecule has 0 aromatic heterocycles. The van der Waals surface area contributed by atoms with E-state index in [4.69, 9.17) is 28.5 Å². The third-order valence-corrected chi connectivity index (χ3v) is 5.20. The predicted octanol–water partition coefficient (Wildman–Crippen LogP) is 5.86. The summed E-state index contributed by atoms with van der Waals surface area (Å²) in [6.07, 6.45) is 0.639. The highest BCUT2D eigenvalue weighted by Gasteiger charge is 2.21. The van der Waals surface area contributed by atoms with Crippen LogP contribution in [0.15, 0.2) is 66.7 Å². The molecule has 0 saturated heterocycles. The summed E-state index contributed by atoms with van der Waals surface area (Å²) < 4.78 is 0. The molecule has 1 atom stereocenters. The second kappa shape index (κ2) is 10.3. The summed E-state index contributed by atoms with van der Waals surface area (Å²) in [6, 6.07) is 22.4. The third-order valence-electron chi connectivity index (χ3n) is 4.77. The maximum atomic E-state index is 13.0. The van der Waals surface area contributed by atoms with Gasteiger partial charge in [0.1, 0.15) is 0 Å². The first-order chi connectivity index (χ1) is 14.5. The van der Waals surface area contributed by atoms with Crippen LogP contribution in [0.2, 0.25) is 10.0 Å². The number of halogens is 2. The monoisotopic (exact) mass is 437 g/mol. The van der Waals surface area contributed by atoms with Crippen molar-refractivity contribution in [3.05, 3.63) is 87.9 Å². The van der Waals surface area contributed by atoms with Crippen LogP contribution in [0.1, 0.15) is 23.5 Å². The Morgan fingerprint density at radius 2 is 1.70 bits per heavy atom. The first-order valence-electron chi connectivity index (χ1n) is 9.52. The van der Waals surface area contributed by atoms with Crippen molar-refractivity contribution >= 4 is 34.8 Å². The molecule has 0 bridgehead atoms. The number of nitriles is 1. The van der Waals surface area contributed by atoms with Gasteiger partial charge in [-0.2, -0.15) is 5.26 Å². The zero-order valence-corrected chi connectivity index (χ0v) is 18.0. The number of carbonyl (C=O) groups is 1. The van der Waals surface area contributed by atoms with Gasteiger partial charge in [-0.3, -0.25) is 4.79 Å². The Hall–Kier alpha value is -2.84. The molecule has 30 heavy (non-hydrogen) atoms. The first-order valence-corrected chi connectivity index (χ1v) is 10.3. The Labute approximate surface area is 186 Å². The Morgan fingerprint density at radius 3 is 2.33 bits per heavy atom. The summed E-state index contributed by atoms with van der Waals surface area (Å²) in [7, 11) is 1.86. The number of anilines is 1. The highest BCUT2D eigenvalue weighted by Crippen LogP contribution is 2.28. The number of amides is 1. The van der Waals surface area contributed by atoms with Gasteiger partial charge < -0.3 is 10.6 Å². The molecule has 0 aliphatic carbocycles. The molecule has 0 spiro atoms. The van der Waals surface area contributed by atoms with Crippen molar-refractivity contribution in [2.24, 2.45) is 0 Å². The summed E-state index contributed by atoms with van der Waals surface area (Å²) in [5, 5.41) is 16.1. The highest BCUT2D eigenvalue weighted by molar-refractivity contribution is 6.35. The number of hydrogen-bond acceptors (Lipinski definition) is 3. The topological polar surface area (TPSA) is 64.9 Å². The van der Waals surface area contributed by atoms with Gasteiger partial charge >= 0.3 is 0 Å². The molecule has 1 amide bonds. The van der Waals surface area contributed by atoms with E-state index in [0.717, 1.165) is 16.7 Å². The fraction of sp³-hybridized carbons (Fsp3) is 0.167. The number of nitrogens with one attached hydrogen (secondary N) is 2. The minimum absolute atomic E-state index is 0.122. The average Bonchev–Trinajstić information content (AvgIpc) is 2.74. The van der Waals surface area contributed by atoms with Crippen LogP contribution in [0.5, 0.6) is 0 Å². The minimum Gasteiger partial charge on any atom is -0.325 e. The fourth-order valence-corrected chi connectivity index (χ4v) is 3.80. The van der Waals surface area contributed by atoms with E-state index in [1.807, 2.05) is 49.5 Å². The van der Waals surface area contributed by atoms with Crippen molar-refractivity contribution in [2.75, 3.05) is 18.9 Å². The average molecular weight is 438 g/mol. The molecule has 1 unspecified atom stereocenters. The summed E-state index contributed by atoms with van der Waals surface area (Å²) >= 11 is 12.1. The summed E-state index contributed by atoms with van der Waals surface area (Å²) in [4.78, 5) is 13.0. The number of nitrogens with zero attached hydrogens (tertiary/aromatic N) is 1. The lowest BCUT2D eigenvalue weighted by atomic mass is 9.92. The zero-order chi connectivity index (χ0) is 21.5. The summed E-state index contributed by atoms with van der Waals surface area (Å²) in [5.74, 6) is -0.461. The van der Waals surface area contributed by atoms with Crippen molar-refractivity contribution in [3.8, 4) is 17.2 Å². The Morgan fingerprint density at radius 1 is 1.00 bits per heavy atom. The molecule has 0 saturated carbocycles. The Bertz CT molecular complexity index is 1050. The normalized spacial score (nSPS) is 11.5. The van der Waals surface area contributed by atoms with E-state index in [0.29, 0.717) is 34.3 Å². The Balaban J connectivity index is 1.83. The molecule has 0 aliphatic rings. The Kier molecular flexibility index (Phi) is 7.48. The van der Waals surface area contributed by atoms with Crippen LogP contribution >= 0.6 is 23.2 Å². The molecule has 0 fully saturated rings. The fourth-order valence-electron chi connectivity index (χ4n) is 3.27. The first kappa shape index (κ1) is 21.9. The van der Waals surface area contributed by atoms with E-state index in [9.17, 15) is 4.79 Å². The highest BCUT2D eigenvalue weighted by atomic mass is 35.5. The second-order valence-electron chi connectivity index (χ2n) is 6.91. The molecule has 3 aromatic rings. The smallest absolute Gasteiger partial charge is 0.231 e. The van der Waals surface area contributed by atoms with Gasteiger partial charge in [0.05, 0.1) is 17.6 Å². The van der Waals surface area contributed by atoms with E-state index in [1.54, 1.807) is 24.3 Å². The van der Waals surface area contributed by atoms with Crippen LogP contribution in [-0.2, 0) is 4.79 Å². The SMILES string of the molecule is CNCCC(C(=O)Nc1cc(Cl)cc(Cl)c1)c1ccc(-c2cccc(C#N)c2)cc1. The summed E-state index contributed by atoms with van der Waals surface area (Å²) in [5.41, 5.74) is 4.05. The van der Waals surface area contributed by atoms with Gasteiger partial charge in [0, 0.05) is 15.7 Å². The molecule has 0 heterocycles.